The minimum Gasteiger partial charge on any atom is -0.411 e. The number of oxime groups is 1. The lowest BCUT2D eigenvalue weighted by Gasteiger charge is -2.00. The molecule has 2 rings (SSSR count). The molecule has 0 aliphatic rings. The first kappa shape index (κ1) is 12.9. The molecule has 0 amide bonds. The topological polar surface area (TPSA) is 53.5 Å². The summed E-state index contributed by atoms with van der Waals surface area (Å²) in [5, 5.41) is 11.5. The van der Waals surface area contributed by atoms with Crippen molar-refractivity contribution in [2.24, 2.45) is 5.16 Å². The average Bonchev–Trinajstić information content (AvgIpc) is 2.42. The fourth-order valence-corrected chi connectivity index (χ4v) is 1.69. The third-order valence-corrected chi connectivity index (χ3v) is 2.65. The van der Waals surface area contributed by atoms with Crippen LogP contribution in [0.25, 0.3) is 0 Å². The number of carbonyl (C=O) groups excluding carboxylic acids is 1. The van der Waals surface area contributed by atoms with Gasteiger partial charge in [0.1, 0.15) is 12.0 Å². The first-order valence-electron chi connectivity index (χ1n) is 5.65. The quantitative estimate of drug-likeness (QED) is 0.299. The fraction of sp³-hybridized carbons (Fsp3) is 0.0714. The predicted octanol–water partition coefficient (Wildman–Crippen LogP) is 1.80. The van der Waals surface area contributed by atoms with Crippen LogP contribution in [0, 0.1) is 5.82 Å². The highest BCUT2D eigenvalue weighted by Crippen LogP contribution is 2.04. The number of hydrogen-bond donors (Lipinski definition) is 1. The molecule has 1 N–H and O–H groups in total. The van der Waals surface area contributed by atoms with E-state index < -0.39 is 0 Å². The van der Waals surface area contributed by atoms with Crippen molar-refractivity contribution in [1.82, 2.24) is 0 Å². The molecule has 0 saturated heterocycles. The first-order valence-corrected chi connectivity index (χ1v) is 5.65. The van der Waals surface area contributed by atoms with E-state index in [1.54, 1.807) is 29.0 Å². The van der Waals surface area contributed by atoms with Crippen molar-refractivity contribution in [2.75, 3.05) is 0 Å². The third kappa shape index (κ3) is 3.22. The maximum absolute atomic E-state index is 12.8. The van der Waals surface area contributed by atoms with Crippen molar-refractivity contribution in [2.45, 2.75) is 6.54 Å². The molecule has 0 saturated carbocycles. The summed E-state index contributed by atoms with van der Waals surface area (Å²) in [5.74, 6) is -0.527. The van der Waals surface area contributed by atoms with E-state index in [9.17, 15) is 9.18 Å². The van der Waals surface area contributed by atoms with Crippen molar-refractivity contribution in [3.05, 3.63) is 65.7 Å². The molecule has 1 heterocycles. The van der Waals surface area contributed by atoms with Crippen molar-refractivity contribution >= 4 is 12.0 Å². The van der Waals surface area contributed by atoms with E-state index in [4.69, 9.17) is 5.21 Å². The van der Waals surface area contributed by atoms with Crippen LogP contribution in [0.15, 0.2) is 53.8 Å². The van der Waals surface area contributed by atoms with E-state index in [-0.39, 0.29) is 18.1 Å². The Bertz CT molecular complexity index is 609. The smallest absolute Gasteiger partial charge is 0.227 e. The molecule has 96 valence electrons. The van der Waals surface area contributed by atoms with Crippen molar-refractivity contribution in [3.63, 3.8) is 0 Å². The highest BCUT2D eigenvalue weighted by Gasteiger charge is 2.15. The van der Waals surface area contributed by atoms with Crippen LogP contribution in [0.5, 0.6) is 0 Å². The number of hydrogen-bond acceptors (Lipinski definition) is 3. The second-order valence-electron chi connectivity index (χ2n) is 3.93. The van der Waals surface area contributed by atoms with Gasteiger partial charge in [0.25, 0.3) is 0 Å². The molecule has 0 bridgehead atoms. The van der Waals surface area contributed by atoms with Gasteiger partial charge in [-0.15, -0.1) is 0 Å². The number of nitrogens with zero attached hydrogens (tertiary/aromatic N) is 2. The standard InChI is InChI=1S/C14H11FN2O2/c15-12-6-4-11(5-7-12)14(18)10-17-8-2-1-3-13(17)9-16-19/h1-9H,10H2/p+1. The molecule has 0 fully saturated rings. The molecular weight excluding hydrogens is 247 g/mol. The summed E-state index contributed by atoms with van der Waals surface area (Å²) in [4.78, 5) is 12.0. The van der Waals surface area contributed by atoms with E-state index in [1.165, 1.54) is 30.5 Å². The van der Waals surface area contributed by atoms with Gasteiger partial charge >= 0.3 is 0 Å². The van der Waals surface area contributed by atoms with Gasteiger partial charge in [0.15, 0.2) is 6.20 Å². The minimum atomic E-state index is -0.378. The Kier molecular flexibility index (Phi) is 3.97. The van der Waals surface area contributed by atoms with Gasteiger partial charge in [-0.25, -0.2) is 4.39 Å². The minimum absolute atomic E-state index is 0.0911. The molecule has 4 nitrogen and oxygen atoms in total. The van der Waals surface area contributed by atoms with Crippen LogP contribution in [0.2, 0.25) is 0 Å². The Labute approximate surface area is 109 Å². The molecule has 0 unspecified atom stereocenters. The summed E-state index contributed by atoms with van der Waals surface area (Å²) >= 11 is 0. The number of halogens is 1. The van der Waals surface area contributed by atoms with E-state index >= 15 is 0 Å². The van der Waals surface area contributed by atoms with Gasteiger partial charge in [-0.1, -0.05) is 5.16 Å². The molecule has 5 heteroatoms. The molecule has 1 aromatic heterocycles. The van der Waals surface area contributed by atoms with E-state index in [2.05, 4.69) is 5.16 Å². The van der Waals surface area contributed by atoms with Gasteiger partial charge in [-0.05, 0) is 30.3 Å². The molecule has 0 spiro atoms. The molecular formula is C14H12FN2O2+. The Balaban J connectivity index is 2.21. The summed E-state index contributed by atoms with van der Waals surface area (Å²) in [6.45, 7) is 0.0911. The Hall–Kier alpha value is -2.56. The van der Waals surface area contributed by atoms with E-state index in [0.29, 0.717) is 11.3 Å². The average molecular weight is 259 g/mol. The highest BCUT2D eigenvalue weighted by atomic mass is 19.1. The zero-order valence-corrected chi connectivity index (χ0v) is 10.0. The normalized spacial score (nSPS) is 10.8. The number of rotatable bonds is 4. The molecule has 1 aromatic carbocycles. The summed E-state index contributed by atoms with van der Waals surface area (Å²) in [5.41, 5.74) is 1.03. The predicted molar refractivity (Wildman–Crippen MR) is 66.7 cm³/mol. The van der Waals surface area contributed by atoms with Gasteiger partial charge in [0.05, 0.1) is 0 Å². The first-order chi connectivity index (χ1) is 9.20. The summed E-state index contributed by atoms with van der Waals surface area (Å²) in [6.07, 6.45) is 2.95. The fourth-order valence-electron chi connectivity index (χ4n) is 1.69. The van der Waals surface area contributed by atoms with Crippen LogP contribution in [0.4, 0.5) is 4.39 Å². The largest absolute Gasteiger partial charge is 0.411 e. The number of aromatic nitrogens is 1. The van der Waals surface area contributed by atoms with Gasteiger partial charge in [0.2, 0.25) is 18.0 Å². The maximum Gasteiger partial charge on any atom is 0.227 e. The van der Waals surface area contributed by atoms with Gasteiger partial charge < -0.3 is 5.21 Å². The lowest BCUT2D eigenvalue weighted by Crippen LogP contribution is -2.41. The second-order valence-corrected chi connectivity index (χ2v) is 3.93. The molecule has 19 heavy (non-hydrogen) atoms. The number of pyridine rings is 1. The zero-order valence-electron chi connectivity index (χ0n) is 10.0. The summed E-state index contributed by atoms with van der Waals surface area (Å²) in [6, 6.07) is 10.7. The number of carbonyl (C=O) groups is 1. The summed E-state index contributed by atoms with van der Waals surface area (Å²) in [7, 11) is 0. The molecule has 0 radical (unpaired) electrons. The lowest BCUT2D eigenvalue weighted by atomic mass is 10.1. The monoisotopic (exact) mass is 259 g/mol. The Morgan fingerprint density at radius 1 is 1.26 bits per heavy atom. The molecule has 0 aliphatic carbocycles. The number of ketones is 1. The zero-order chi connectivity index (χ0) is 13.7. The second kappa shape index (κ2) is 5.86. The van der Waals surface area contributed by atoms with E-state index in [0.717, 1.165) is 0 Å². The van der Waals surface area contributed by atoms with Crippen LogP contribution in [0.1, 0.15) is 16.1 Å². The van der Waals surface area contributed by atoms with Crippen LogP contribution < -0.4 is 4.57 Å². The molecule has 2 aromatic rings. The number of benzene rings is 1. The van der Waals surface area contributed by atoms with Crippen molar-refractivity contribution < 1.29 is 19.0 Å². The third-order valence-electron chi connectivity index (χ3n) is 2.65. The highest BCUT2D eigenvalue weighted by molar-refractivity contribution is 5.95. The van der Waals surface area contributed by atoms with E-state index in [1.807, 2.05) is 0 Å². The van der Waals surface area contributed by atoms with Gasteiger partial charge in [-0.2, -0.15) is 4.57 Å². The van der Waals surface area contributed by atoms with Crippen LogP contribution in [-0.2, 0) is 6.54 Å². The summed E-state index contributed by atoms with van der Waals surface area (Å²) < 4.78 is 14.4. The SMILES string of the molecule is O=C(C[n+]1ccccc1C=NO)c1ccc(F)cc1. The number of Topliss-reactive ketones (excluding diaryl/α,β-unsaturated/α-hetero) is 1. The van der Waals surface area contributed by atoms with Crippen molar-refractivity contribution in [3.8, 4) is 0 Å². The van der Waals surface area contributed by atoms with Gasteiger partial charge in [-0.3, -0.25) is 4.79 Å². The Morgan fingerprint density at radius 2 is 2.00 bits per heavy atom. The molecule has 0 atom stereocenters. The molecule has 0 aliphatic heterocycles. The van der Waals surface area contributed by atoms with Crippen LogP contribution in [0.3, 0.4) is 0 Å². The van der Waals surface area contributed by atoms with Crippen LogP contribution in [-0.4, -0.2) is 17.2 Å². The maximum atomic E-state index is 12.8. The van der Waals surface area contributed by atoms with Crippen molar-refractivity contribution in [1.29, 1.82) is 0 Å². The van der Waals surface area contributed by atoms with Crippen LogP contribution >= 0.6 is 0 Å². The van der Waals surface area contributed by atoms with Gasteiger partial charge in [0, 0.05) is 17.7 Å². The Morgan fingerprint density at radius 3 is 2.68 bits per heavy atom. The lowest BCUT2D eigenvalue weighted by molar-refractivity contribution is -0.684.